The molecule has 1 aromatic heterocycles. The van der Waals surface area contributed by atoms with Crippen LogP contribution in [-0.4, -0.2) is 24.3 Å². The van der Waals surface area contributed by atoms with Crippen LogP contribution in [0.3, 0.4) is 0 Å². The van der Waals surface area contributed by atoms with Gasteiger partial charge in [0, 0.05) is 17.5 Å². The van der Waals surface area contributed by atoms with Gasteiger partial charge in [0.15, 0.2) is 0 Å². The van der Waals surface area contributed by atoms with E-state index in [9.17, 15) is 4.79 Å². The summed E-state index contributed by atoms with van der Waals surface area (Å²) in [5.74, 6) is 0. The number of alkyl carbamates (subject to hydrolysis) is 1. The smallest absolute Gasteiger partial charge is 0.407 e. The highest BCUT2D eigenvalue weighted by molar-refractivity contribution is 9.11. The molecule has 0 aliphatic carbocycles. The highest BCUT2D eigenvalue weighted by Crippen LogP contribution is 2.22. The Labute approximate surface area is 120 Å². The third kappa shape index (κ3) is 6.37. The van der Waals surface area contributed by atoms with Crippen molar-refractivity contribution in [2.24, 2.45) is 5.73 Å². The zero-order valence-corrected chi connectivity index (χ0v) is 13.2. The molecule has 0 aliphatic rings. The molecule has 102 valence electrons. The first-order valence-electron chi connectivity index (χ1n) is 5.73. The van der Waals surface area contributed by atoms with Crippen molar-refractivity contribution in [1.82, 2.24) is 5.32 Å². The van der Waals surface area contributed by atoms with Crippen molar-refractivity contribution in [3.8, 4) is 0 Å². The molecule has 1 heterocycles. The summed E-state index contributed by atoms with van der Waals surface area (Å²) in [6.07, 6.45) is 0.316. The largest absolute Gasteiger partial charge is 0.444 e. The molecular weight excluding hydrogens is 316 g/mol. The summed E-state index contributed by atoms with van der Waals surface area (Å²) in [7, 11) is 0. The van der Waals surface area contributed by atoms with E-state index in [4.69, 9.17) is 10.5 Å². The zero-order valence-electron chi connectivity index (χ0n) is 10.8. The zero-order chi connectivity index (χ0) is 13.8. The fourth-order valence-corrected chi connectivity index (χ4v) is 2.90. The SMILES string of the molecule is CC(C)(C)OC(=O)NCC(N)Cc1ccc(Br)s1. The molecule has 0 aromatic carbocycles. The number of ether oxygens (including phenoxy) is 1. The first-order chi connectivity index (χ1) is 8.26. The Morgan fingerprint density at radius 1 is 1.56 bits per heavy atom. The van der Waals surface area contributed by atoms with Crippen LogP contribution < -0.4 is 11.1 Å². The molecule has 1 unspecified atom stereocenters. The molecule has 0 aliphatic heterocycles. The summed E-state index contributed by atoms with van der Waals surface area (Å²) >= 11 is 5.06. The van der Waals surface area contributed by atoms with Crippen molar-refractivity contribution in [3.63, 3.8) is 0 Å². The molecular formula is C12H19BrN2O2S. The molecule has 0 saturated heterocycles. The van der Waals surface area contributed by atoms with Crippen LogP contribution in [-0.2, 0) is 11.2 Å². The lowest BCUT2D eigenvalue weighted by atomic mass is 10.2. The normalized spacial score (nSPS) is 13.2. The summed E-state index contributed by atoms with van der Waals surface area (Å²) in [5.41, 5.74) is 5.47. The molecule has 1 rings (SSSR count). The minimum absolute atomic E-state index is 0.108. The number of carbonyl (C=O) groups is 1. The fraction of sp³-hybridized carbons (Fsp3) is 0.583. The Kier molecular flexibility index (Phi) is 5.62. The van der Waals surface area contributed by atoms with Crippen molar-refractivity contribution < 1.29 is 9.53 Å². The second-order valence-electron chi connectivity index (χ2n) is 5.05. The third-order valence-corrected chi connectivity index (χ3v) is 3.65. The van der Waals surface area contributed by atoms with Crippen LogP contribution in [0, 0.1) is 0 Å². The number of rotatable bonds is 4. The van der Waals surface area contributed by atoms with E-state index in [1.807, 2.05) is 32.9 Å². The quantitative estimate of drug-likeness (QED) is 0.889. The summed E-state index contributed by atoms with van der Waals surface area (Å²) in [4.78, 5) is 12.6. The number of hydrogen-bond acceptors (Lipinski definition) is 4. The molecule has 4 nitrogen and oxygen atoms in total. The molecule has 1 aromatic rings. The van der Waals surface area contributed by atoms with E-state index in [2.05, 4.69) is 21.2 Å². The van der Waals surface area contributed by atoms with Gasteiger partial charge in [0.1, 0.15) is 5.60 Å². The maximum atomic E-state index is 11.4. The van der Waals surface area contributed by atoms with Gasteiger partial charge >= 0.3 is 6.09 Å². The first kappa shape index (κ1) is 15.5. The Morgan fingerprint density at radius 3 is 2.72 bits per heavy atom. The number of thiophene rings is 1. The van der Waals surface area contributed by atoms with E-state index in [1.54, 1.807) is 11.3 Å². The van der Waals surface area contributed by atoms with E-state index in [0.29, 0.717) is 6.54 Å². The summed E-state index contributed by atoms with van der Waals surface area (Å²) in [6.45, 7) is 5.89. The third-order valence-electron chi connectivity index (χ3n) is 2.00. The van der Waals surface area contributed by atoms with Gasteiger partial charge in [-0.1, -0.05) is 0 Å². The minimum Gasteiger partial charge on any atom is -0.444 e. The number of hydrogen-bond donors (Lipinski definition) is 2. The van der Waals surface area contributed by atoms with Crippen molar-refractivity contribution >= 4 is 33.4 Å². The average Bonchev–Trinajstić information content (AvgIpc) is 2.58. The standard InChI is InChI=1S/C12H19BrN2O2S/c1-12(2,3)17-11(16)15-7-8(14)6-9-4-5-10(13)18-9/h4-5,8H,6-7,14H2,1-3H3,(H,15,16). The summed E-state index contributed by atoms with van der Waals surface area (Å²) < 4.78 is 6.22. The molecule has 0 saturated carbocycles. The van der Waals surface area contributed by atoms with Gasteiger partial charge in [-0.05, 0) is 55.3 Å². The summed E-state index contributed by atoms with van der Waals surface area (Å²) in [6, 6.07) is 3.92. The van der Waals surface area contributed by atoms with Crippen molar-refractivity contribution in [2.45, 2.75) is 38.8 Å². The van der Waals surface area contributed by atoms with Crippen LogP contribution >= 0.6 is 27.3 Å². The maximum absolute atomic E-state index is 11.4. The van der Waals surface area contributed by atoms with Crippen LogP contribution in [0.5, 0.6) is 0 Å². The molecule has 0 radical (unpaired) electrons. The van der Waals surface area contributed by atoms with Gasteiger partial charge in [-0.25, -0.2) is 4.79 Å². The summed E-state index contributed by atoms with van der Waals surface area (Å²) in [5, 5.41) is 2.67. The van der Waals surface area contributed by atoms with E-state index >= 15 is 0 Å². The predicted octanol–water partition coefficient (Wildman–Crippen LogP) is 2.91. The van der Waals surface area contributed by atoms with Gasteiger partial charge < -0.3 is 15.8 Å². The molecule has 1 atom stereocenters. The van der Waals surface area contributed by atoms with Gasteiger partial charge in [0.25, 0.3) is 0 Å². The molecule has 6 heteroatoms. The molecule has 1 amide bonds. The van der Waals surface area contributed by atoms with Gasteiger partial charge in [-0.2, -0.15) is 0 Å². The molecule has 0 fully saturated rings. The highest BCUT2D eigenvalue weighted by Gasteiger charge is 2.16. The van der Waals surface area contributed by atoms with Crippen molar-refractivity contribution in [1.29, 1.82) is 0 Å². The average molecular weight is 335 g/mol. The lowest BCUT2D eigenvalue weighted by molar-refractivity contribution is 0.0524. The Hall–Kier alpha value is -0.590. The van der Waals surface area contributed by atoms with E-state index in [-0.39, 0.29) is 6.04 Å². The van der Waals surface area contributed by atoms with Gasteiger partial charge in [-0.3, -0.25) is 0 Å². The van der Waals surface area contributed by atoms with Crippen molar-refractivity contribution in [3.05, 3.63) is 20.8 Å². The molecule has 18 heavy (non-hydrogen) atoms. The van der Waals surface area contributed by atoms with Crippen LogP contribution in [0.2, 0.25) is 0 Å². The number of nitrogens with one attached hydrogen (secondary N) is 1. The van der Waals surface area contributed by atoms with E-state index in [0.717, 1.165) is 10.2 Å². The maximum Gasteiger partial charge on any atom is 0.407 e. The van der Waals surface area contributed by atoms with Crippen LogP contribution in [0.4, 0.5) is 4.79 Å². The van der Waals surface area contributed by atoms with Crippen LogP contribution in [0.25, 0.3) is 0 Å². The molecule has 0 spiro atoms. The number of amides is 1. The van der Waals surface area contributed by atoms with E-state index in [1.165, 1.54) is 4.88 Å². The fourth-order valence-electron chi connectivity index (χ4n) is 1.32. The number of nitrogens with two attached hydrogens (primary N) is 1. The molecule has 3 N–H and O–H groups in total. The molecule has 0 bridgehead atoms. The number of carbonyl (C=O) groups excluding carboxylic acids is 1. The van der Waals surface area contributed by atoms with Gasteiger partial charge in [0.2, 0.25) is 0 Å². The van der Waals surface area contributed by atoms with Crippen LogP contribution in [0.15, 0.2) is 15.9 Å². The topological polar surface area (TPSA) is 64.3 Å². The minimum atomic E-state index is -0.479. The van der Waals surface area contributed by atoms with Crippen LogP contribution in [0.1, 0.15) is 25.6 Å². The van der Waals surface area contributed by atoms with Gasteiger partial charge in [-0.15, -0.1) is 11.3 Å². The van der Waals surface area contributed by atoms with Gasteiger partial charge in [0.05, 0.1) is 3.79 Å². The Morgan fingerprint density at radius 2 is 2.22 bits per heavy atom. The second kappa shape index (κ2) is 6.54. The lowest BCUT2D eigenvalue weighted by Crippen LogP contribution is -2.40. The van der Waals surface area contributed by atoms with Crippen molar-refractivity contribution in [2.75, 3.05) is 6.54 Å². The van der Waals surface area contributed by atoms with E-state index < -0.39 is 11.7 Å². The lowest BCUT2D eigenvalue weighted by Gasteiger charge is -2.20. The number of halogens is 1. The Bertz CT molecular complexity index is 401. The second-order valence-corrected chi connectivity index (χ2v) is 7.60. The first-order valence-corrected chi connectivity index (χ1v) is 7.34. The predicted molar refractivity (Wildman–Crippen MR) is 77.9 cm³/mol. The highest BCUT2D eigenvalue weighted by atomic mass is 79.9. The monoisotopic (exact) mass is 334 g/mol. The Balaban J connectivity index is 2.29.